The highest BCUT2D eigenvalue weighted by Gasteiger charge is 2.30. The molecule has 0 N–H and O–H groups in total. The van der Waals surface area contributed by atoms with Crippen molar-refractivity contribution in [2.24, 2.45) is 5.92 Å². The van der Waals surface area contributed by atoms with Gasteiger partial charge in [0.05, 0.1) is 7.11 Å². The van der Waals surface area contributed by atoms with E-state index >= 15 is 0 Å². The van der Waals surface area contributed by atoms with E-state index in [2.05, 4.69) is 15.9 Å². The molecule has 2 saturated heterocycles. The van der Waals surface area contributed by atoms with E-state index in [1.807, 2.05) is 28.0 Å². The first-order chi connectivity index (χ1) is 13.1. The number of benzene rings is 1. The van der Waals surface area contributed by atoms with E-state index in [1.165, 1.54) is 6.42 Å². The van der Waals surface area contributed by atoms with Crippen molar-refractivity contribution in [2.45, 2.75) is 32.1 Å². The van der Waals surface area contributed by atoms with Crippen molar-refractivity contribution in [3.05, 3.63) is 34.3 Å². The molecule has 3 rings (SSSR count). The number of rotatable bonds is 4. The largest absolute Gasteiger partial charge is 0.496 e. The Balaban J connectivity index is 1.54. The van der Waals surface area contributed by atoms with Crippen molar-refractivity contribution in [1.29, 1.82) is 0 Å². The maximum absolute atomic E-state index is 12.6. The predicted octanol–water partition coefficient (Wildman–Crippen LogP) is 3.72. The van der Waals surface area contributed by atoms with Crippen molar-refractivity contribution in [3.8, 4) is 5.75 Å². The fourth-order valence-electron chi connectivity index (χ4n) is 3.82. The van der Waals surface area contributed by atoms with Gasteiger partial charge in [-0.05, 0) is 56.4 Å². The van der Waals surface area contributed by atoms with Crippen LogP contribution in [-0.4, -0.2) is 54.9 Å². The van der Waals surface area contributed by atoms with Crippen LogP contribution in [0.2, 0.25) is 0 Å². The molecule has 1 aromatic rings. The highest BCUT2D eigenvalue weighted by molar-refractivity contribution is 9.10. The standard InChI is InChI=1S/C21H27BrN2O3/c1-27-19-7-6-18(22)15-17(19)5-8-20(25)23-13-9-16(10-14-23)21(26)24-11-3-2-4-12-24/h5-8,15-16H,2-4,9-14H2,1H3. The van der Waals surface area contributed by atoms with Crippen LogP contribution >= 0.6 is 15.9 Å². The van der Waals surface area contributed by atoms with Crippen LogP contribution in [0.4, 0.5) is 0 Å². The van der Waals surface area contributed by atoms with Gasteiger partial charge in [-0.3, -0.25) is 9.59 Å². The number of methoxy groups -OCH3 is 1. The van der Waals surface area contributed by atoms with Crippen molar-refractivity contribution < 1.29 is 14.3 Å². The highest BCUT2D eigenvalue weighted by Crippen LogP contribution is 2.25. The molecule has 2 aliphatic heterocycles. The van der Waals surface area contributed by atoms with Crippen molar-refractivity contribution in [3.63, 3.8) is 0 Å². The monoisotopic (exact) mass is 434 g/mol. The summed E-state index contributed by atoms with van der Waals surface area (Å²) in [5.41, 5.74) is 0.857. The van der Waals surface area contributed by atoms with Crippen LogP contribution in [-0.2, 0) is 9.59 Å². The summed E-state index contributed by atoms with van der Waals surface area (Å²) in [6.45, 7) is 3.08. The number of carbonyl (C=O) groups excluding carboxylic acids is 2. The zero-order valence-corrected chi connectivity index (χ0v) is 17.4. The molecule has 2 heterocycles. The van der Waals surface area contributed by atoms with Crippen molar-refractivity contribution in [1.82, 2.24) is 9.80 Å². The van der Waals surface area contributed by atoms with E-state index in [-0.39, 0.29) is 17.7 Å². The minimum atomic E-state index is -0.0131. The minimum Gasteiger partial charge on any atom is -0.496 e. The van der Waals surface area contributed by atoms with Gasteiger partial charge < -0.3 is 14.5 Å². The quantitative estimate of drug-likeness (QED) is 0.678. The van der Waals surface area contributed by atoms with Gasteiger partial charge in [-0.1, -0.05) is 15.9 Å². The lowest BCUT2D eigenvalue weighted by molar-refractivity contribution is -0.140. The first kappa shape index (κ1) is 19.9. The Hall–Kier alpha value is -1.82. The van der Waals surface area contributed by atoms with Gasteiger partial charge in [0.2, 0.25) is 11.8 Å². The third kappa shape index (κ3) is 5.12. The minimum absolute atomic E-state index is 0.0131. The summed E-state index contributed by atoms with van der Waals surface area (Å²) in [6, 6.07) is 5.69. The number of hydrogen-bond acceptors (Lipinski definition) is 3. The maximum Gasteiger partial charge on any atom is 0.246 e. The second-order valence-electron chi connectivity index (χ2n) is 7.21. The van der Waals surface area contributed by atoms with E-state index in [9.17, 15) is 9.59 Å². The molecule has 0 atom stereocenters. The van der Waals surface area contributed by atoms with Gasteiger partial charge in [0.1, 0.15) is 5.75 Å². The predicted molar refractivity (Wildman–Crippen MR) is 109 cm³/mol. The van der Waals surface area contributed by atoms with Crippen LogP contribution in [0, 0.1) is 5.92 Å². The van der Waals surface area contributed by atoms with E-state index in [4.69, 9.17) is 4.74 Å². The maximum atomic E-state index is 12.6. The second-order valence-corrected chi connectivity index (χ2v) is 8.12. The number of piperidine rings is 2. The molecule has 0 saturated carbocycles. The van der Waals surface area contributed by atoms with Crippen LogP contribution in [0.5, 0.6) is 5.75 Å². The van der Waals surface area contributed by atoms with E-state index in [1.54, 1.807) is 19.3 Å². The summed E-state index contributed by atoms with van der Waals surface area (Å²) in [6.07, 6.45) is 8.36. The molecule has 5 nitrogen and oxygen atoms in total. The molecule has 2 amide bonds. The molecular weight excluding hydrogens is 408 g/mol. The van der Waals surface area contributed by atoms with Crippen molar-refractivity contribution >= 4 is 33.8 Å². The topological polar surface area (TPSA) is 49.9 Å². The van der Waals surface area contributed by atoms with Crippen LogP contribution in [0.15, 0.2) is 28.7 Å². The van der Waals surface area contributed by atoms with Gasteiger partial charge in [0, 0.05) is 48.2 Å². The number of amides is 2. The number of nitrogens with zero attached hydrogens (tertiary/aromatic N) is 2. The molecule has 1 aromatic carbocycles. The molecule has 0 bridgehead atoms. The molecule has 27 heavy (non-hydrogen) atoms. The summed E-state index contributed by atoms with van der Waals surface area (Å²) in [5, 5.41) is 0. The molecule has 6 heteroatoms. The van der Waals surface area contributed by atoms with Gasteiger partial charge >= 0.3 is 0 Å². The Bertz CT molecular complexity index is 705. The molecule has 2 fully saturated rings. The van der Waals surface area contributed by atoms with E-state index in [0.717, 1.165) is 54.6 Å². The van der Waals surface area contributed by atoms with Crippen LogP contribution in [0.25, 0.3) is 6.08 Å². The summed E-state index contributed by atoms with van der Waals surface area (Å²) in [7, 11) is 1.62. The van der Waals surface area contributed by atoms with Crippen LogP contribution in [0.3, 0.4) is 0 Å². The van der Waals surface area contributed by atoms with Crippen LogP contribution < -0.4 is 4.74 Å². The Morgan fingerprint density at radius 1 is 1.07 bits per heavy atom. The normalized spacial score (nSPS) is 18.7. The van der Waals surface area contributed by atoms with Gasteiger partial charge in [-0.25, -0.2) is 0 Å². The Kier molecular flexibility index (Phi) is 6.94. The fraction of sp³-hybridized carbons (Fsp3) is 0.524. The van der Waals surface area contributed by atoms with Gasteiger partial charge in [-0.15, -0.1) is 0 Å². The number of carbonyl (C=O) groups is 2. The summed E-state index contributed by atoms with van der Waals surface area (Å²) in [5.74, 6) is 1.08. The molecule has 0 spiro atoms. The first-order valence-electron chi connectivity index (χ1n) is 9.68. The SMILES string of the molecule is COc1ccc(Br)cc1C=CC(=O)N1CCC(C(=O)N2CCCCC2)CC1. The van der Waals surface area contributed by atoms with Gasteiger partial charge in [-0.2, -0.15) is 0 Å². The molecule has 0 unspecified atom stereocenters. The Morgan fingerprint density at radius 3 is 2.44 bits per heavy atom. The lowest BCUT2D eigenvalue weighted by Gasteiger charge is -2.35. The molecule has 0 aliphatic carbocycles. The molecule has 0 aromatic heterocycles. The lowest BCUT2D eigenvalue weighted by Crippen LogP contribution is -2.45. The third-order valence-corrected chi connectivity index (χ3v) is 5.91. The lowest BCUT2D eigenvalue weighted by atomic mass is 9.94. The summed E-state index contributed by atoms with van der Waals surface area (Å²) >= 11 is 3.44. The zero-order chi connectivity index (χ0) is 19.2. The van der Waals surface area contributed by atoms with Gasteiger partial charge in [0.25, 0.3) is 0 Å². The van der Waals surface area contributed by atoms with Gasteiger partial charge in [0.15, 0.2) is 0 Å². The van der Waals surface area contributed by atoms with E-state index < -0.39 is 0 Å². The fourth-order valence-corrected chi connectivity index (χ4v) is 4.20. The Morgan fingerprint density at radius 2 is 1.78 bits per heavy atom. The average Bonchev–Trinajstić information content (AvgIpc) is 2.72. The first-order valence-corrected chi connectivity index (χ1v) is 10.5. The smallest absolute Gasteiger partial charge is 0.246 e. The molecular formula is C21H27BrN2O3. The zero-order valence-electron chi connectivity index (χ0n) is 15.8. The molecule has 2 aliphatic rings. The van der Waals surface area contributed by atoms with E-state index in [0.29, 0.717) is 13.1 Å². The summed E-state index contributed by atoms with van der Waals surface area (Å²) in [4.78, 5) is 29.0. The number of likely N-dealkylation sites (tertiary alicyclic amines) is 2. The number of hydrogen-bond donors (Lipinski definition) is 0. The average molecular weight is 435 g/mol. The van der Waals surface area contributed by atoms with Crippen molar-refractivity contribution in [2.75, 3.05) is 33.3 Å². The number of ether oxygens (including phenoxy) is 1. The highest BCUT2D eigenvalue weighted by atomic mass is 79.9. The molecule has 0 radical (unpaired) electrons. The van der Waals surface area contributed by atoms with Crippen LogP contribution in [0.1, 0.15) is 37.7 Å². The summed E-state index contributed by atoms with van der Waals surface area (Å²) < 4.78 is 6.27. The second kappa shape index (κ2) is 9.40. The molecule has 146 valence electrons. The number of halogens is 1. The third-order valence-electron chi connectivity index (χ3n) is 5.42. The Labute approximate surface area is 169 Å².